The number of thiazole rings is 1. The van der Waals surface area contributed by atoms with Crippen molar-refractivity contribution in [1.82, 2.24) is 21.2 Å². The Labute approximate surface area is 97.3 Å². The first-order valence-corrected chi connectivity index (χ1v) is 5.49. The molecule has 0 saturated heterocycles. The highest BCUT2D eigenvalue weighted by atomic mass is 32.1. The molecule has 15 heavy (non-hydrogen) atoms. The summed E-state index contributed by atoms with van der Waals surface area (Å²) in [7, 11) is 1.67. The van der Waals surface area contributed by atoms with Crippen LogP contribution in [0.15, 0.2) is 0 Å². The highest BCUT2D eigenvalue weighted by molar-refractivity contribution is 7.80. The highest BCUT2D eigenvalue weighted by Crippen LogP contribution is 2.16. The van der Waals surface area contributed by atoms with E-state index in [0.29, 0.717) is 9.99 Å². The fourth-order valence-electron chi connectivity index (χ4n) is 0.975. The van der Waals surface area contributed by atoms with Crippen LogP contribution in [0.25, 0.3) is 0 Å². The lowest BCUT2D eigenvalue weighted by Crippen LogP contribution is -2.45. The molecule has 1 heterocycles. The normalized spacial score (nSPS) is 9.53. The Morgan fingerprint density at radius 2 is 2.07 bits per heavy atom. The van der Waals surface area contributed by atoms with E-state index in [-0.39, 0.29) is 5.91 Å². The number of hydrogen-bond acceptors (Lipinski definition) is 4. The number of nitrogens with zero attached hydrogens (tertiary/aromatic N) is 1. The van der Waals surface area contributed by atoms with Crippen molar-refractivity contribution in [2.75, 3.05) is 7.05 Å². The minimum atomic E-state index is -0.226. The zero-order valence-electron chi connectivity index (χ0n) is 8.67. The van der Waals surface area contributed by atoms with Gasteiger partial charge in [0.25, 0.3) is 5.91 Å². The molecule has 0 aromatic carbocycles. The standard InChI is InChI=1S/C8H12N4OS2/c1-4-6(15-5(2)10-4)7(13)11-12-8(14)9-3/h1-3H3,(H,11,13)(H2,9,12,14). The van der Waals surface area contributed by atoms with Gasteiger partial charge < -0.3 is 5.32 Å². The summed E-state index contributed by atoms with van der Waals surface area (Å²) in [6.45, 7) is 3.66. The fraction of sp³-hybridized carbons (Fsp3) is 0.375. The van der Waals surface area contributed by atoms with Gasteiger partial charge in [0.2, 0.25) is 0 Å². The van der Waals surface area contributed by atoms with Gasteiger partial charge in [-0.2, -0.15) is 0 Å². The molecule has 82 valence electrons. The highest BCUT2D eigenvalue weighted by Gasteiger charge is 2.13. The molecule has 3 N–H and O–H groups in total. The molecule has 0 radical (unpaired) electrons. The first-order valence-electron chi connectivity index (χ1n) is 4.26. The van der Waals surface area contributed by atoms with Gasteiger partial charge in [-0.3, -0.25) is 15.6 Å². The second-order valence-corrected chi connectivity index (χ2v) is 4.42. The molecule has 0 atom stereocenters. The van der Waals surface area contributed by atoms with Crippen LogP contribution in [0, 0.1) is 13.8 Å². The SMILES string of the molecule is CNC(=S)NNC(=O)c1sc(C)nc1C. The van der Waals surface area contributed by atoms with Gasteiger partial charge in [-0.05, 0) is 26.1 Å². The van der Waals surface area contributed by atoms with Crippen molar-refractivity contribution >= 4 is 34.6 Å². The van der Waals surface area contributed by atoms with Crippen LogP contribution in [0.4, 0.5) is 0 Å². The summed E-state index contributed by atoms with van der Waals surface area (Å²) in [5.74, 6) is -0.226. The molecule has 0 aliphatic rings. The van der Waals surface area contributed by atoms with Gasteiger partial charge in [-0.15, -0.1) is 11.3 Å². The molecular formula is C8H12N4OS2. The predicted molar refractivity (Wildman–Crippen MR) is 63.8 cm³/mol. The van der Waals surface area contributed by atoms with E-state index >= 15 is 0 Å². The van der Waals surface area contributed by atoms with Gasteiger partial charge in [-0.25, -0.2) is 4.98 Å². The van der Waals surface area contributed by atoms with Gasteiger partial charge in [-0.1, -0.05) is 0 Å². The van der Waals surface area contributed by atoms with E-state index in [1.807, 2.05) is 6.92 Å². The van der Waals surface area contributed by atoms with Crippen molar-refractivity contribution in [2.24, 2.45) is 0 Å². The van der Waals surface area contributed by atoms with E-state index in [4.69, 9.17) is 12.2 Å². The summed E-state index contributed by atoms with van der Waals surface area (Å²) < 4.78 is 0. The number of nitrogens with one attached hydrogen (secondary N) is 3. The maximum absolute atomic E-state index is 11.6. The monoisotopic (exact) mass is 244 g/mol. The second kappa shape index (κ2) is 5.04. The Balaban J connectivity index is 2.61. The van der Waals surface area contributed by atoms with E-state index in [9.17, 15) is 4.79 Å². The van der Waals surface area contributed by atoms with Crippen LogP contribution in [0.1, 0.15) is 20.4 Å². The summed E-state index contributed by atoms with van der Waals surface area (Å²) in [5.41, 5.74) is 5.78. The molecule has 1 aromatic rings. The molecule has 1 amide bonds. The summed E-state index contributed by atoms with van der Waals surface area (Å²) in [6, 6.07) is 0. The van der Waals surface area contributed by atoms with Gasteiger partial charge in [0.05, 0.1) is 10.7 Å². The lowest BCUT2D eigenvalue weighted by atomic mass is 10.4. The molecule has 0 saturated carbocycles. The molecule has 0 spiro atoms. The Morgan fingerprint density at radius 3 is 2.53 bits per heavy atom. The number of amides is 1. The molecular weight excluding hydrogens is 232 g/mol. The maximum atomic E-state index is 11.6. The molecule has 0 fully saturated rings. The van der Waals surface area contributed by atoms with Crippen molar-refractivity contribution in [2.45, 2.75) is 13.8 Å². The first kappa shape index (κ1) is 11.9. The van der Waals surface area contributed by atoms with Crippen molar-refractivity contribution in [1.29, 1.82) is 0 Å². The van der Waals surface area contributed by atoms with E-state index in [2.05, 4.69) is 21.2 Å². The predicted octanol–water partition coefficient (Wildman–Crippen LogP) is 0.499. The first-order chi connectivity index (χ1) is 7.04. The van der Waals surface area contributed by atoms with Gasteiger partial charge in [0, 0.05) is 7.05 Å². The van der Waals surface area contributed by atoms with Crippen LogP contribution >= 0.6 is 23.6 Å². The quantitative estimate of drug-likeness (QED) is 0.496. The average Bonchev–Trinajstić information content (AvgIpc) is 2.53. The lowest BCUT2D eigenvalue weighted by molar-refractivity contribution is 0.0947. The summed E-state index contributed by atoms with van der Waals surface area (Å²) in [5, 5.41) is 3.92. The Morgan fingerprint density at radius 1 is 1.40 bits per heavy atom. The number of carbonyl (C=O) groups excluding carboxylic acids is 1. The minimum Gasteiger partial charge on any atom is -0.364 e. The van der Waals surface area contributed by atoms with Crippen molar-refractivity contribution < 1.29 is 4.79 Å². The van der Waals surface area contributed by atoms with Crippen LogP contribution in [0.3, 0.4) is 0 Å². The number of carbonyl (C=O) groups is 1. The Bertz CT molecular complexity index is 388. The molecule has 0 bridgehead atoms. The minimum absolute atomic E-state index is 0.226. The van der Waals surface area contributed by atoms with Crippen LogP contribution in [-0.2, 0) is 0 Å². The average molecular weight is 244 g/mol. The number of aryl methyl sites for hydroxylation is 2. The van der Waals surface area contributed by atoms with Gasteiger partial charge >= 0.3 is 0 Å². The summed E-state index contributed by atoms with van der Waals surface area (Å²) >= 11 is 6.17. The summed E-state index contributed by atoms with van der Waals surface area (Å²) in [6.07, 6.45) is 0. The Hall–Kier alpha value is -1.21. The van der Waals surface area contributed by atoms with Crippen LogP contribution in [-0.4, -0.2) is 23.1 Å². The van der Waals surface area contributed by atoms with E-state index in [1.54, 1.807) is 14.0 Å². The topological polar surface area (TPSA) is 66.0 Å². The molecule has 0 aliphatic heterocycles. The van der Waals surface area contributed by atoms with Crippen molar-refractivity contribution in [3.8, 4) is 0 Å². The molecule has 1 aromatic heterocycles. The zero-order valence-corrected chi connectivity index (χ0v) is 10.3. The van der Waals surface area contributed by atoms with Crippen molar-refractivity contribution in [3.63, 3.8) is 0 Å². The van der Waals surface area contributed by atoms with Crippen LogP contribution in [0.5, 0.6) is 0 Å². The third-order valence-corrected chi connectivity index (χ3v) is 3.00. The molecule has 1 rings (SSSR count). The van der Waals surface area contributed by atoms with Crippen molar-refractivity contribution in [3.05, 3.63) is 15.6 Å². The van der Waals surface area contributed by atoms with E-state index in [1.165, 1.54) is 11.3 Å². The Kier molecular flexibility index (Phi) is 3.98. The van der Waals surface area contributed by atoms with Gasteiger partial charge in [0.1, 0.15) is 4.88 Å². The van der Waals surface area contributed by atoms with Crippen LogP contribution < -0.4 is 16.2 Å². The van der Waals surface area contributed by atoms with E-state index in [0.717, 1.165) is 10.7 Å². The van der Waals surface area contributed by atoms with E-state index < -0.39 is 0 Å². The largest absolute Gasteiger partial charge is 0.364 e. The zero-order chi connectivity index (χ0) is 11.4. The third-order valence-electron chi connectivity index (χ3n) is 1.63. The smallest absolute Gasteiger partial charge is 0.281 e. The summed E-state index contributed by atoms with van der Waals surface area (Å²) in [4.78, 5) is 16.4. The third kappa shape index (κ3) is 3.14. The maximum Gasteiger partial charge on any atom is 0.281 e. The number of thiocarbonyl (C=S) groups is 1. The number of hydrogen-bond donors (Lipinski definition) is 3. The number of rotatable bonds is 1. The molecule has 5 nitrogen and oxygen atoms in total. The molecule has 0 unspecified atom stereocenters. The number of hydrazine groups is 1. The van der Waals surface area contributed by atoms with Gasteiger partial charge in [0.15, 0.2) is 5.11 Å². The molecule has 0 aliphatic carbocycles. The molecule has 7 heteroatoms. The second-order valence-electron chi connectivity index (χ2n) is 2.81. The lowest BCUT2D eigenvalue weighted by Gasteiger charge is -2.07. The number of aromatic nitrogens is 1. The van der Waals surface area contributed by atoms with Crippen LogP contribution in [0.2, 0.25) is 0 Å². The fourth-order valence-corrected chi connectivity index (χ4v) is 1.84.